The number of thiazole rings is 1. The van der Waals surface area contributed by atoms with Crippen molar-refractivity contribution in [1.82, 2.24) is 14.7 Å². The van der Waals surface area contributed by atoms with E-state index in [9.17, 15) is 4.79 Å². The van der Waals surface area contributed by atoms with Crippen LogP contribution in [0.15, 0.2) is 11.6 Å². The largest absolute Gasteiger partial charge is 0.356 e. The van der Waals surface area contributed by atoms with Crippen molar-refractivity contribution in [3.8, 4) is 0 Å². The molecule has 0 atom stereocenters. The molecule has 17 heavy (non-hydrogen) atoms. The lowest BCUT2D eigenvalue weighted by Gasteiger charge is -2.06. The van der Waals surface area contributed by atoms with Gasteiger partial charge in [0.2, 0.25) is 5.91 Å². The molecule has 0 aliphatic rings. The number of carbonyl (C=O) groups excluding carboxylic acids is 1. The van der Waals surface area contributed by atoms with E-state index in [1.54, 1.807) is 11.3 Å². The predicted octanol–water partition coefficient (Wildman–Crippen LogP) is 2.02. The van der Waals surface area contributed by atoms with Gasteiger partial charge in [-0.15, -0.1) is 11.3 Å². The maximum atomic E-state index is 11.7. The molecule has 0 aromatic carbocycles. The first-order valence-electron chi connectivity index (χ1n) is 5.75. The summed E-state index contributed by atoms with van der Waals surface area (Å²) < 4.78 is 1.99. The second-order valence-electron chi connectivity index (χ2n) is 4.64. The first-order valence-corrected chi connectivity index (χ1v) is 6.63. The Bertz CT molecular complexity index is 527. The third kappa shape index (κ3) is 2.85. The molecule has 1 amide bonds. The highest BCUT2D eigenvalue weighted by atomic mass is 32.1. The molecule has 2 aromatic heterocycles. The van der Waals surface area contributed by atoms with Gasteiger partial charge in [-0.05, 0) is 12.8 Å². The summed E-state index contributed by atoms with van der Waals surface area (Å²) >= 11 is 1.57. The standard InChI is InChI=1S/C12H17N3OS/c1-8(2)5-13-11(16)4-10-7-17-12-14-9(3)6-15(10)12/h6-8H,4-5H2,1-3H3,(H,13,16). The van der Waals surface area contributed by atoms with Crippen LogP contribution in [0.5, 0.6) is 0 Å². The lowest BCUT2D eigenvalue weighted by Crippen LogP contribution is -2.29. The van der Waals surface area contributed by atoms with E-state index in [0.717, 1.165) is 22.9 Å². The fraction of sp³-hybridized carbons (Fsp3) is 0.500. The van der Waals surface area contributed by atoms with E-state index in [0.29, 0.717) is 12.3 Å². The van der Waals surface area contributed by atoms with Gasteiger partial charge in [-0.2, -0.15) is 0 Å². The summed E-state index contributed by atoms with van der Waals surface area (Å²) in [4.78, 5) is 17.0. The van der Waals surface area contributed by atoms with Crippen LogP contribution in [0.2, 0.25) is 0 Å². The van der Waals surface area contributed by atoms with Crippen LogP contribution in [-0.4, -0.2) is 21.8 Å². The average Bonchev–Trinajstić information content (AvgIpc) is 2.76. The van der Waals surface area contributed by atoms with Crippen LogP contribution in [0.1, 0.15) is 25.2 Å². The summed E-state index contributed by atoms with van der Waals surface area (Å²) in [7, 11) is 0. The zero-order chi connectivity index (χ0) is 12.4. The van der Waals surface area contributed by atoms with Gasteiger partial charge in [-0.25, -0.2) is 4.98 Å². The molecule has 0 spiro atoms. The summed E-state index contributed by atoms with van der Waals surface area (Å²) in [6.45, 7) is 6.86. The fourth-order valence-corrected chi connectivity index (χ4v) is 2.53. The van der Waals surface area contributed by atoms with Crippen LogP contribution in [0.4, 0.5) is 0 Å². The minimum absolute atomic E-state index is 0.0738. The summed E-state index contributed by atoms with van der Waals surface area (Å²) in [5, 5.41) is 4.92. The number of hydrogen-bond acceptors (Lipinski definition) is 3. The van der Waals surface area contributed by atoms with Crippen molar-refractivity contribution in [2.45, 2.75) is 27.2 Å². The van der Waals surface area contributed by atoms with Crippen LogP contribution in [-0.2, 0) is 11.2 Å². The Kier molecular flexibility index (Phi) is 3.47. The first kappa shape index (κ1) is 12.1. The van der Waals surface area contributed by atoms with Crippen LogP contribution < -0.4 is 5.32 Å². The minimum Gasteiger partial charge on any atom is -0.356 e. The van der Waals surface area contributed by atoms with E-state index in [1.165, 1.54) is 0 Å². The molecule has 0 aliphatic heterocycles. The highest BCUT2D eigenvalue weighted by Crippen LogP contribution is 2.16. The highest BCUT2D eigenvalue weighted by molar-refractivity contribution is 7.15. The zero-order valence-corrected chi connectivity index (χ0v) is 11.2. The van der Waals surface area contributed by atoms with Gasteiger partial charge in [0.1, 0.15) is 0 Å². The second-order valence-corrected chi connectivity index (χ2v) is 5.47. The lowest BCUT2D eigenvalue weighted by atomic mass is 10.2. The van der Waals surface area contributed by atoms with E-state index < -0.39 is 0 Å². The number of aryl methyl sites for hydroxylation is 1. The Morgan fingerprint density at radius 1 is 1.59 bits per heavy atom. The number of nitrogens with one attached hydrogen (secondary N) is 1. The molecule has 0 radical (unpaired) electrons. The van der Waals surface area contributed by atoms with Crippen LogP contribution in [0.3, 0.4) is 0 Å². The van der Waals surface area contributed by atoms with Crippen LogP contribution in [0, 0.1) is 12.8 Å². The van der Waals surface area contributed by atoms with E-state index in [1.807, 2.05) is 22.9 Å². The Morgan fingerprint density at radius 3 is 3.06 bits per heavy atom. The average molecular weight is 251 g/mol. The van der Waals surface area contributed by atoms with Crippen molar-refractivity contribution in [3.63, 3.8) is 0 Å². The zero-order valence-electron chi connectivity index (χ0n) is 10.4. The molecule has 1 N–H and O–H groups in total. The molecule has 2 heterocycles. The molecular formula is C12H17N3OS. The smallest absolute Gasteiger partial charge is 0.225 e. The Hall–Kier alpha value is -1.36. The predicted molar refractivity (Wildman–Crippen MR) is 69.4 cm³/mol. The third-order valence-electron chi connectivity index (χ3n) is 2.45. The number of carbonyl (C=O) groups is 1. The number of rotatable bonds is 4. The highest BCUT2D eigenvalue weighted by Gasteiger charge is 2.10. The van der Waals surface area contributed by atoms with Crippen molar-refractivity contribution >= 4 is 22.2 Å². The molecule has 0 saturated heterocycles. The molecule has 2 aromatic rings. The molecular weight excluding hydrogens is 234 g/mol. The second kappa shape index (κ2) is 4.87. The van der Waals surface area contributed by atoms with Crippen molar-refractivity contribution in [2.75, 3.05) is 6.54 Å². The third-order valence-corrected chi connectivity index (χ3v) is 3.34. The van der Waals surface area contributed by atoms with E-state index in [4.69, 9.17) is 0 Å². The molecule has 2 rings (SSSR count). The first-order chi connectivity index (χ1) is 8.06. The van der Waals surface area contributed by atoms with Gasteiger partial charge in [-0.1, -0.05) is 13.8 Å². The minimum atomic E-state index is 0.0738. The molecule has 4 nitrogen and oxygen atoms in total. The molecule has 0 unspecified atom stereocenters. The number of hydrogen-bond donors (Lipinski definition) is 1. The number of aromatic nitrogens is 2. The normalized spacial score (nSPS) is 11.3. The molecule has 0 saturated carbocycles. The molecule has 0 fully saturated rings. The molecule has 0 bridgehead atoms. The number of amides is 1. The van der Waals surface area contributed by atoms with Gasteiger partial charge in [0, 0.05) is 23.8 Å². The van der Waals surface area contributed by atoms with E-state index in [2.05, 4.69) is 24.1 Å². The van der Waals surface area contributed by atoms with E-state index in [-0.39, 0.29) is 5.91 Å². The summed E-state index contributed by atoms with van der Waals surface area (Å²) in [5.74, 6) is 0.557. The van der Waals surface area contributed by atoms with Gasteiger partial charge >= 0.3 is 0 Å². The summed E-state index contributed by atoms with van der Waals surface area (Å²) in [5.41, 5.74) is 1.99. The Labute approximate surface area is 105 Å². The van der Waals surface area contributed by atoms with Crippen molar-refractivity contribution in [1.29, 1.82) is 0 Å². The van der Waals surface area contributed by atoms with Gasteiger partial charge in [-0.3, -0.25) is 9.20 Å². The van der Waals surface area contributed by atoms with Crippen molar-refractivity contribution in [2.24, 2.45) is 5.92 Å². The van der Waals surface area contributed by atoms with Gasteiger partial charge in [0.15, 0.2) is 4.96 Å². The van der Waals surface area contributed by atoms with Crippen molar-refractivity contribution in [3.05, 3.63) is 23.0 Å². The van der Waals surface area contributed by atoms with Gasteiger partial charge in [0.25, 0.3) is 0 Å². The Balaban J connectivity index is 2.05. The fourth-order valence-electron chi connectivity index (χ4n) is 1.61. The quantitative estimate of drug-likeness (QED) is 0.903. The number of imidazole rings is 1. The molecule has 5 heteroatoms. The maximum absolute atomic E-state index is 11.7. The number of nitrogens with zero attached hydrogens (tertiary/aromatic N) is 2. The number of fused-ring (bicyclic) bond motifs is 1. The van der Waals surface area contributed by atoms with Crippen LogP contribution >= 0.6 is 11.3 Å². The van der Waals surface area contributed by atoms with Gasteiger partial charge < -0.3 is 5.32 Å². The van der Waals surface area contributed by atoms with E-state index >= 15 is 0 Å². The summed E-state index contributed by atoms with van der Waals surface area (Å²) in [6.07, 6.45) is 2.39. The lowest BCUT2D eigenvalue weighted by molar-refractivity contribution is -0.120. The topological polar surface area (TPSA) is 46.4 Å². The molecule has 92 valence electrons. The van der Waals surface area contributed by atoms with Crippen molar-refractivity contribution < 1.29 is 4.79 Å². The SMILES string of the molecule is Cc1cn2c(CC(=O)NCC(C)C)csc2n1. The van der Waals surface area contributed by atoms with Crippen LogP contribution in [0.25, 0.3) is 4.96 Å². The summed E-state index contributed by atoms with van der Waals surface area (Å²) in [6, 6.07) is 0. The monoisotopic (exact) mass is 251 g/mol. The molecule has 0 aliphatic carbocycles. The Morgan fingerprint density at radius 2 is 2.35 bits per heavy atom. The van der Waals surface area contributed by atoms with Gasteiger partial charge in [0.05, 0.1) is 12.1 Å². The maximum Gasteiger partial charge on any atom is 0.225 e.